The summed E-state index contributed by atoms with van der Waals surface area (Å²) < 4.78 is 40.7. The van der Waals surface area contributed by atoms with E-state index in [0.717, 1.165) is 40.0 Å². The van der Waals surface area contributed by atoms with Gasteiger partial charge in [0.15, 0.2) is 0 Å². The van der Waals surface area contributed by atoms with E-state index in [-0.39, 0.29) is 23.4 Å². The highest BCUT2D eigenvalue weighted by molar-refractivity contribution is 9.10. The first kappa shape index (κ1) is 32.3. The van der Waals surface area contributed by atoms with E-state index >= 15 is 0 Å². The predicted octanol–water partition coefficient (Wildman–Crippen LogP) is 5.53. The van der Waals surface area contributed by atoms with Crippen molar-refractivity contribution < 1.29 is 27.5 Å². The van der Waals surface area contributed by atoms with Gasteiger partial charge in [0.25, 0.3) is 10.0 Å². The lowest BCUT2D eigenvalue weighted by Crippen LogP contribution is -2.52. The molecule has 11 heteroatoms. The van der Waals surface area contributed by atoms with E-state index in [4.69, 9.17) is 9.47 Å². The second-order valence-corrected chi connectivity index (χ2v) is 13.2. The number of rotatable bonds is 13. The molecule has 230 valence electrons. The third-order valence-electron chi connectivity index (χ3n) is 7.47. The second kappa shape index (κ2) is 14.7. The van der Waals surface area contributed by atoms with Crippen molar-refractivity contribution in [3.63, 3.8) is 0 Å². The van der Waals surface area contributed by atoms with E-state index in [1.54, 1.807) is 62.6 Å². The fraction of sp³-hybridized carbons (Fsp3) is 0.375. The van der Waals surface area contributed by atoms with Gasteiger partial charge >= 0.3 is 0 Å². The molecular formula is C32H38BrN3O6S. The van der Waals surface area contributed by atoms with Gasteiger partial charge < -0.3 is 19.7 Å². The summed E-state index contributed by atoms with van der Waals surface area (Å²) in [7, 11) is -2.61. The van der Waals surface area contributed by atoms with Gasteiger partial charge in [0.05, 0.1) is 24.3 Å². The van der Waals surface area contributed by atoms with Gasteiger partial charge in [-0.25, -0.2) is 8.42 Å². The second-order valence-electron chi connectivity index (χ2n) is 10.4. The number of nitrogens with zero attached hydrogens (tertiary/aromatic N) is 2. The van der Waals surface area contributed by atoms with Crippen LogP contribution in [0.5, 0.6) is 11.5 Å². The molecule has 0 radical (unpaired) electrons. The molecule has 1 saturated carbocycles. The Morgan fingerprint density at radius 3 is 2.30 bits per heavy atom. The Labute approximate surface area is 262 Å². The predicted molar refractivity (Wildman–Crippen MR) is 170 cm³/mol. The molecule has 0 unspecified atom stereocenters. The lowest BCUT2D eigenvalue weighted by molar-refractivity contribution is -0.139. The molecule has 0 heterocycles. The number of nitrogens with one attached hydrogen (secondary N) is 1. The maximum atomic E-state index is 14.1. The lowest BCUT2D eigenvalue weighted by Gasteiger charge is -2.32. The largest absolute Gasteiger partial charge is 0.497 e. The molecule has 43 heavy (non-hydrogen) atoms. The molecule has 1 aliphatic rings. The Morgan fingerprint density at radius 2 is 1.67 bits per heavy atom. The van der Waals surface area contributed by atoms with E-state index in [0.29, 0.717) is 23.8 Å². The quantitative estimate of drug-likeness (QED) is 0.256. The van der Waals surface area contributed by atoms with Crippen LogP contribution in [0.4, 0.5) is 5.69 Å². The minimum absolute atomic E-state index is 0.0313. The first-order valence-corrected chi connectivity index (χ1v) is 16.6. The van der Waals surface area contributed by atoms with Crippen molar-refractivity contribution >= 4 is 43.5 Å². The molecule has 0 aliphatic heterocycles. The van der Waals surface area contributed by atoms with Gasteiger partial charge in [0, 0.05) is 17.1 Å². The number of sulfonamides is 1. The van der Waals surface area contributed by atoms with Gasteiger partial charge in [-0.05, 0) is 92.9 Å². The number of carbonyl (C=O) groups is 2. The van der Waals surface area contributed by atoms with E-state index in [9.17, 15) is 18.0 Å². The monoisotopic (exact) mass is 671 g/mol. The van der Waals surface area contributed by atoms with Gasteiger partial charge in [-0.1, -0.05) is 40.9 Å². The number of benzene rings is 3. The van der Waals surface area contributed by atoms with Crippen LogP contribution in [0.15, 0.2) is 82.2 Å². The molecule has 3 aromatic carbocycles. The van der Waals surface area contributed by atoms with Gasteiger partial charge in [0.2, 0.25) is 11.8 Å². The number of halogens is 1. The molecule has 0 bridgehead atoms. The molecule has 3 aromatic rings. The molecule has 1 aliphatic carbocycles. The fourth-order valence-electron chi connectivity index (χ4n) is 5.08. The van der Waals surface area contributed by atoms with Gasteiger partial charge in [-0.2, -0.15) is 0 Å². The highest BCUT2D eigenvalue weighted by Crippen LogP contribution is 2.28. The average Bonchev–Trinajstić information content (AvgIpc) is 3.52. The molecule has 1 N–H and O–H groups in total. The van der Waals surface area contributed by atoms with Crippen molar-refractivity contribution in [2.45, 2.75) is 63.1 Å². The highest BCUT2D eigenvalue weighted by atomic mass is 79.9. The van der Waals surface area contributed by atoms with Crippen LogP contribution in [0.2, 0.25) is 0 Å². The van der Waals surface area contributed by atoms with Crippen molar-refractivity contribution in [2.75, 3.05) is 24.6 Å². The Kier molecular flexibility index (Phi) is 11.1. The summed E-state index contributed by atoms with van der Waals surface area (Å²) >= 11 is 3.35. The summed E-state index contributed by atoms with van der Waals surface area (Å²) in [6.07, 6.45) is 3.91. The van der Waals surface area contributed by atoms with Crippen molar-refractivity contribution in [3.8, 4) is 11.5 Å². The van der Waals surface area contributed by atoms with Gasteiger partial charge in [-0.3, -0.25) is 13.9 Å². The number of amides is 2. The van der Waals surface area contributed by atoms with Crippen LogP contribution in [-0.4, -0.2) is 57.5 Å². The Morgan fingerprint density at radius 1 is 1.00 bits per heavy atom. The Balaban J connectivity index is 1.69. The summed E-state index contributed by atoms with van der Waals surface area (Å²) in [5.74, 6) is 0.398. The van der Waals surface area contributed by atoms with Crippen molar-refractivity contribution in [3.05, 3.63) is 82.8 Å². The zero-order chi connectivity index (χ0) is 31.0. The van der Waals surface area contributed by atoms with Crippen LogP contribution in [0.25, 0.3) is 0 Å². The maximum absolute atomic E-state index is 14.1. The topological polar surface area (TPSA) is 105 Å². The van der Waals surface area contributed by atoms with Gasteiger partial charge in [-0.15, -0.1) is 0 Å². The molecule has 0 spiro atoms. The summed E-state index contributed by atoms with van der Waals surface area (Å²) in [6.45, 7) is 3.56. The van der Waals surface area contributed by atoms with Crippen LogP contribution in [0.1, 0.15) is 45.1 Å². The van der Waals surface area contributed by atoms with Gasteiger partial charge in [0.1, 0.15) is 24.1 Å². The van der Waals surface area contributed by atoms with Crippen molar-refractivity contribution in [1.82, 2.24) is 10.2 Å². The summed E-state index contributed by atoms with van der Waals surface area (Å²) in [5.41, 5.74) is 1.04. The number of hydrogen-bond donors (Lipinski definition) is 1. The molecule has 4 rings (SSSR count). The minimum atomic E-state index is -4.17. The number of hydrogen-bond acceptors (Lipinski definition) is 6. The number of carbonyl (C=O) groups excluding carboxylic acids is 2. The normalized spacial score (nSPS) is 14.1. The van der Waals surface area contributed by atoms with Crippen molar-refractivity contribution in [2.24, 2.45) is 0 Å². The molecule has 0 saturated heterocycles. The van der Waals surface area contributed by atoms with E-state index in [1.807, 2.05) is 19.1 Å². The van der Waals surface area contributed by atoms with Crippen LogP contribution in [0.3, 0.4) is 0 Å². The van der Waals surface area contributed by atoms with Crippen molar-refractivity contribution in [1.29, 1.82) is 0 Å². The number of methoxy groups -OCH3 is 1. The Hall–Kier alpha value is -3.57. The molecule has 0 aromatic heterocycles. The van der Waals surface area contributed by atoms with E-state index in [1.165, 1.54) is 17.0 Å². The SMILES string of the molecule is CCOc1ccc(N(CC(=O)N(Cc2cccc(OC)c2)[C@@H](C)C(=O)NC2CCCC2)S(=O)(=O)c2ccc(Br)cc2)cc1. The van der Waals surface area contributed by atoms with Crippen LogP contribution in [-0.2, 0) is 26.2 Å². The number of anilines is 1. The maximum Gasteiger partial charge on any atom is 0.264 e. The zero-order valence-electron chi connectivity index (χ0n) is 24.7. The Bertz CT molecular complexity index is 1490. The first-order valence-electron chi connectivity index (χ1n) is 14.4. The molecule has 1 fully saturated rings. The average molecular weight is 673 g/mol. The van der Waals surface area contributed by atoms with Crippen LogP contribution >= 0.6 is 15.9 Å². The minimum Gasteiger partial charge on any atom is -0.497 e. The summed E-state index contributed by atoms with van der Waals surface area (Å²) in [6, 6.07) is 19.2. The first-order chi connectivity index (χ1) is 20.6. The molecular weight excluding hydrogens is 634 g/mol. The summed E-state index contributed by atoms with van der Waals surface area (Å²) in [5, 5.41) is 3.08. The fourth-order valence-corrected chi connectivity index (χ4v) is 6.76. The van der Waals surface area contributed by atoms with Crippen LogP contribution in [0, 0.1) is 0 Å². The summed E-state index contributed by atoms with van der Waals surface area (Å²) in [4.78, 5) is 29.0. The third kappa shape index (κ3) is 8.29. The smallest absolute Gasteiger partial charge is 0.264 e. The third-order valence-corrected chi connectivity index (χ3v) is 9.79. The number of ether oxygens (including phenoxy) is 2. The molecule has 1 atom stereocenters. The van der Waals surface area contributed by atoms with E-state index in [2.05, 4.69) is 21.2 Å². The standard InChI is InChI=1S/C32H38BrN3O6S/c1-4-42-28-16-14-27(15-17-28)36(43(39,40)30-18-12-25(33)13-19-30)22-31(37)35(21-24-8-7-11-29(20-24)41-3)23(2)32(38)34-26-9-5-6-10-26/h7-8,11-20,23,26H,4-6,9-10,21-22H2,1-3H3,(H,34,38)/t23-/m0/s1. The van der Waals surface area contributed by atoms with E-state index < -0.39 is 28.5 Å². The highest BCUT2D eigenvalue weighted by Gasteiger charge is 2.33. The zero-order valence-corrected chi connectivity index (χ0v) is 27.1. The molecule has 2 amide bonds. The molecule has 9 nitrogen and oxygen atoms in total. The lowest BCUT2D eigenvalue weighted by atomic mass is 10.1. The van der Waals surface area contributed by atoms with Crippen LogP contribution < -0.4 is 19.1 Å².